The van der Waals surface area contributed by atoms with E-state index < -0.39 is 12.2 Å². The number of halogens is 1. The van der Waals surface area contributed by atoms with Crippen LogP contribution in [0.3, 0.4) is 0 Å². The molecule has 3 heteroatoms. The maximum Gasteiger partial charge on any atom is 0.117 e. The second-order valence-corrected chi connectivity index (χ2v) is 2.86. The van der Waals surface area contributed by atoms with Crippen molar-refractivity contribution in [2.24, 2.45) is 11.7 Å². The minimum Gasteiger partial charge on any atom is -0.396 e. The molecule has 62 valence electrons. The van der Waals surface area contributed by atoms with Crippen molar-refractivity contribution in [2.75, 3.05) is 6.61 Å². The van der Waals surface area contributed by atoms with Crippen molar-refractivity contribution in [1.82, 2.24) is 0 Å². The lowest BCUT2D eigenvalue weighted by Gasteiger charge is -2.18. The van der Waals surface area contributed by atoms with Crippen LogP contribution in [-0.2, 0) is 0 Å². The van der Waals surface area contributed by atoms with Gasteiger partial charge in [0.2, 0.25) is 0 Å². The van der Waals surface area contributed by atoms with Crippen molar-refractivity contribution in [2.45, 2.75) is 32.5 Å². The average molecular weight is 149 g/mol. The molecule has 0 rings (SSSR count). The van der Waals surface area contributed by atoms with E-state index in [1.807, 2.05) is 0 Å². The van der Waals surface area contributed by atoms with Crippen LogP contribution >= 0.6 is 0 Å². The smallest absolute Gasteiger partial charge is 0.117 e. The highest BCUT2D eigenvalue weighted by atomic mass is 19.1. The molecule has 0 saturated carbocycles. The minimum atomic E-state index is -0.993. The highest BCUT2D eigenvalue weighted by molar-refractivity contribution is 4.74. The number of alkyl halides is 1. The van der Waals surface area contributed by atoms with Gasteiger partial charge in [0.1, 0.15) is 6.17 Å². The van der Waals surface area contributed by atoms with Gasteiger partial charge < -0.3 is 10.8 Å². The lowest BCUT2D eigenvalue weighted by molar-refractivity contribution is 0.181. The standard InChI is InChI=1S/C7H16FNO/c1-5(2)7(8)6(9)3-4-10/h5-7,10H,3-4,9H2,1-2H3. The van der Waals surface area contributed by atoms with Crippen molar-refractivity contribution < 1.29 is 9.50 Å². The van der Waals surface area contributed by atoms with Crippen LogP contribution in [0.15, 0.2) is 0 Å². The minimum absolute atomic E-state index is 0.0334. The largest absolute Gasteiger partial charge is 0.396 e. The zero-order chi connectivity index (χ0) is 8.15. The van der Waals surface area contributed by atoms with E-state index in [1.54, 1.807) is 13.8 Å². The van der Waals surface area contributed by atoms with Crippen LogP contribution in [0.2, 0.25) is 0 Å². The Hall–Kier alpha value is -0.150. The Balaban J connectivity index is 3.58. The van der Waals surface area contributed by atoms with E-state index in [1.165, 1.54) is 0 Å². The molecule has 0 aromatic carbocycles. The van der Waals surface area contributed by atoms with Gasteiger partial charge in [-0.1, -0.05) is 13.8 Å². The lowest BCUT2D eigenvalue weighted by atomic mass is 10.00. The molecule has 0 spiro atoms. The predicted octanol–water partition coefficient (Wildman–Crippen LogP) is 0.690. The van der Waals surface area contributed by atoms with Gasteiger partial charge in [-0.25, -0.2) is 4.39 Å². The van der Waals surface area contributed by atoms with Crippen molar-refractivity contribution in [3.8, 4) is 0 Å². The molecule has 0 saturated heterocycles. The second-order valence-electron chi connectivity index (χ2n) is 2.86. The number of hydrogen-bond donors (Lipinski definition) is 2. The average Bonchev–Trinajstić information content (AvgIpc) is 1.87. The SMILES string of the molecule is CC(C)C(F)C(N)CCO. The molecule has 2 atom stereocenters. The Labute approximate surface area is 61.2 Å². The third kappa shape index (κ3) is 3.13. The monoisotopic (exact) mass is 149 g/mol. The van der Waals surface area contributed by atoms with Gasteiger partial charge in [0.25, 0.3) is 0 Å². The van der Waals surface area contributed by atoms with Gasteiger partial charge >= 0.3 is 0 Å². The first-order chi connectivity index (χ1) is 4.59. The number of hydrogen-bond acceptors (Lipinski definition) is 2. The van der Waals surface area contributed by atoms with E-state index in [2.05, 4.69) is 0 Å². The van der Waals surface area contributed by atoms with Gasteiger partial charge in [-0.3, -0.25) is 0 Å². The highest BCUT2D eigenvalue weighted by Gasteiger charge is 2.19. The lowest BCUT2D eigenvalue weighted by Crippen LogP contribution is -2.35. The molecule has 0 aliphatic carbocycles. The van der Waals surface area contributed by atoms with E-state index in [-0.39, 0.29) is 12.5 Å². The topological polar surface area (TPSA) is 46.2 Å². The number of nitrogens with two attached hydrogens (primary N) is 1. The van der Waals surface area contributed by atoms with E-state index in [9.17, 15) is 4.39 Å². The van der Waals surface area contributed by atoms with Crippen molar-refractivity contribution in [3.63, 3.8) is 0 Å². The first kappa shape index (κ1) is 9.85. The molecule has 0 fully saturated rings. The van der Waals surface area contributed by atoms with Crippen LogP contribution in [0, 0.1) is 5.92 Å². The molecule has 0 amide bonds. The fourth-order valence-corrected chi connectivity index (χ4v) is 0.803. The zero-order valence-corrected chi connectivity index (χ0v) is 6.55. The first-order valence-corrected chi connectivity index (χ1v) is 3.60. The summed E-state index contributed by atoms with van der Waals surface area (Å²) in [6, 6.07) is -0.509. The van der Waals surface area contributed by atoms with Crippen LogP contribution in [0.4, 0.5) is 4.39 Å². The van der Waals surface area contributed by atoms with Crippen LogP contribution < -0.4 is 5.73 Å². The number of aliphatic hydroxyl groups excluding tert-OH is 1. The maximum absolute atomic E-state index is 12.9. The Morgan fingerprint density at radius 1 is 1.50 bits per heavy atom. The summed E-state index contributed by atoms with van der Waals surface area (Å²) in [5.41, 5.74) is 5.39. The van der Waals surface area contributed by atoms with Gasteiger partial charge in [0.05, 0.1) is 0 Å². The number of rotatable bonds is 4. The second kappa shape index (κ2) is 4.63. The van der Waals surface area contributed by atoms with E-state index in [0.29, 0.717) is 6.42 Å². The van der Waals surface area contributed by atoms with Gasteiger partial charge in [-0.2, -0.15) is 0 Å². The summed E-state index contributed by atoms with van der Waals surface area (Å²) in [5, 5.41) is 8.42. The molecule has 10 heavy (non-hydrogen) atoms. The van der Waals surface area contributed by atoms with Crippen molar-refractivity contribution in [3.05, 3.63) is 0 Å². The summed E-state index contributed by atoms with van der Waals surface area (Å²) < 4.78 is 12.9. The van der Waals surface area contributed by atoms with E-state index in [0.717, 1.165) is 0 Å². The normalized spacial score (nSPS) is 17.4. The van der Waals surface area contributed by atoms with Gasteiger partial charge in [-0.05, 0) is 12.3 Å². The zero-order valence-electron chi connectivity index (χ0n) is 6.55. The Bertz CT molecular complexity index is 87.7. The van der Waals surface area contributed by atoms with Crippen LogP contribution in [0.5, 0.6) is 0 Å². The molecule has 0 radical (unpaired) electrons. The van der Waals surface area contributed by atoms with Crippen LogP contribution in [0.1, 0.15) is 20.3 Å². The molecular formula is C7H16FNO. The van der Waals surface area contributed by atoms with Gasteiger partial charge in [0, 0.05) is 12.6 Å². The van der Waals surface area contributed by atoms with Crippen LogP contribution in [0.25, 0.3) is 0 Å². The molecule has 0 aromatic rings. The summed E-state index contributed by atoms with van der Waals surface area (Å²) in [6.07, 6.45) is -0.647. The molecule has 2 nitrogen and oxygen atoms in total. The molecule has 0 bridgehead atoms. The first-order valence-electron chi connectivity index (χ1n) is 3.60. The maximum atomic E-state index is 12.9. The third-order valence-corrected chi connectivity index (χ3v) is 1.51. The van der Waals surface area contributed by atoms with E-state index >= 15 is 0 Å². The van der Waals surface area contributed by atoms with Crippen LogP contribution in [-0.4, -0.2) is 23.9 Å². The molecule has 0 heterocycles. The summed E-state index contributed by atoms with van der Waals surface area (Å²) >= 11 is 0. The Morgan fingerprint density at radius 2 is 2.00 bits per heavy atom. The third-order valence-electron chi connectivity index (χ3n) is 1.51. The van der Waals surface area contributed by atoms with Crippen molar-refractivity contribution >= 4 is 0 Å². The van der Waals surface area contributed by atoms with Gasteiger partial charge in [-0.15, -0.1) is 0 Å². The summed E-state index contributed by atoms with van der Waals surface area (Å²) in [6.45, 7) is 3.53. The molecule has 3 N–H and O–H groups in total. The quantitative estimate of drug-likeness (QED) is 0.617. The van der Waals surface area contributed by atoms with Crippen molar-refractivity contribution in [1.29, 1.82) is 0 Å². The summed E-state index contributed by atoms with van der Waals surface area (Å²) in [4.78, 5) is 0. The summed E-state index contributed by atoms with van der Waals surface area (Å²) in [7, 11) is 0. The Kier molecular flexibility index (Phi) is 4.56. The fourth-order valence-electron chi connectivity index (χ4n) is 0.803. The number of aliphatic hydroxyl groups is 1. The molecular weight excluding hydrogens is 133 g/mol. The molecule has 0 aliphatic heterocycles. The van der Waals surface area contributed by atoms with Gasteiger partial charge in [0.15, 0.2) is 0 Å². The van der Waals surface area contributed by atoms with E-state index in [4.69, 9.17) is 10.8 Å². The fraction of sp³-hybridized carbons (Fsp3) is 1.00. The highest BCUT2D eigenvalue weighted by Crippen LogP contribution is 2.10. The predicted molar refractivity (Wildman–Crippen MR) is 39.4 cm³/mol. The summed E-state index contributed by atoms with van der Waals surface area (Å²) in [5.74, 6) is -0.0541. The molecule has 2 unspecified atom stereocenters. The molecule has 0 aromatic heterocycles. The molecule has 0 aliphatic rings. The Morgan fingerprint density at radius 3 is 2.30 bits per heavy atom.